The summed E-state index contributed by atoms with van der Waals surface area (Å²) in [6.07, 6.45) is 0. The maximum atomic E-state index is 11.1. The number of carbonyl (C=O) groups is 1. The molecule has 2 aromatic rings. The van der Waals surface area contributed by atoms with Gasteiger partial charge in [-0.25, -0.2) is 4.68 Å². The summed E-state index contributed by atoms with van der Waals surface area (Å²) >= 11 is 5.68. The number of nitrogens with zero attached hydrogens (tertiary/aromatic N) is 4. The maximum absolute atomic E-state index is 11.1. The highest BCUT2D eigenvalue weighted by Crippen LogP contribution is 2.30. The first-order valence-corrected chi connectivity index (χ1v) is 7.75. The van der Waals surface area contributed by atoms with Gasteiger partial charge in [0.2, 0.25) is 0 Å². The average molecular weight is 451 g/mol. The zero-order chi connectivity index (χ0) is 14.9. The highest BCUT2D eigenvalue weighted by molar-refractivity contribution is 14.1. The third-order valence-corrected chi connectivity index (χ3v) is 4.52. The van der Waals surface area contributed by atoms with E-state index in [2.05, 4.69) is 54.0 Å². The van der Waals surface area contributed by atoms with E-state index in [0.717, 1.165) is 13.6 Å². The Morgan fingerprint density at radius 3 is 2.80 bits per heavy atom. The lowest BCUT2D eigenvalue weighted by molar-refractivity contribution is -0.142. The monoisotopic (exact) mass is 450 g/mol. The summed E-state index contributed by atoms with van der Waals surface area (Å²) in [5.41, 5.74) is 0.839. The van der Waals surface area contributed by atoms with Gasteiger partial charge >= 0.3 is 5.97 Å². The number of tetrazole rings is 1. The molecule has 0 saturated carbocycles. The fraction of sp³-hybridized carbons (Fsp3) is 0.333. The summed E-state index contributed by atoms with van der Waals surface area (Å²) in [7, 11) is 0. The normalized spacial score (nSPS) is 14.0. The van der Waals surface area contributed by atoms with Gasteiger partial charge in [0.15, 0.2) is 5.82 Å². The van der Waals surface area contributed by atoms with Crippen molar-refractivity contribution in [2.24, 2.45) is 5.92 Å². The molecule has 1 aromatic carbocycles. The van der Waals surface area contributed by atoms with Crippen molar-refractivity contribution in [1.29, 1.82) is 0 Å². The third-order valence-electron chi connectivity index (χ3n) is 3.16. The fourth-order valence-corrected chi connectivity index (χ4v) is 2.65. The van der Waals surface area contributed by atoms with Crippen molar-refractivity contribution in [2.75, 3.05) is 0 Å². The van der Waals surface area contributed by atoms with E-state index < -0.39 is 11.9 Å². The van der Waals surface area contributed by atoms with Crippen LogP contribution < -0.4 is 0 Å². The maximum Gasteiger partial charge on any atom is 0.308 e. The van der Waals surface area contributed by atoms with E-state index in [4.69, 9.17) is 5.11 Å². The molecule has 0 fully saturated rings. The molecular weight excluding hydrogens is 439 g/mol. The first-order valence-electron chi connectivity index (χ1n) is 5.88. The van der Waals surface area contributed by atoms with Crippen molar-refractivity contribution < 1.29 is 9.90 Å². The van der Waals surface area contributed by atoms with Gasteiger partial charge in [-0.2, -0.15) is 0 Å². The van der Waals surface area contributed by atoms with E-state index in [0.29, 0.717) is 5.82 Å². The van der Waals surface area contributed by atoms with Crippen LogP contribution in [0.1, 0.15) is 19.9 Å². The molecule has 1 aromatic heterocycles. The zero-order valence-corrected chi connectivity index (χ0v) is 14.5. The Kier molecular flexibility index (Phi) is 4.74. The standard InChI is InChI=1S/C12H12BrIN4O2/c1-6(12(19)20)7(2)18-11(15-16-17-18)9-5-8(14)3-4-10(9)13/h3-7H,1-2H3,(H,19,20). The van der Waals surface area contributed by atoms with Gasteiger partial charge in [0.25, 0.3) is 0 Å². The van der Waals surface area contributed by atoms with Crippen molar-refractivity contribution in [1.82, 2.24) is 20.2 Å². The van der Waals surface area contributed by atoms with Gasteiger partial charge in [0.05, 0.1) is 12.0 Å². The van der Waals surface area contributed by atoms with Crippen LogP contribution in [0.2, 0.25) is 0 Å². The van der Waals surface area contributed by atoms with Gasteiger partial charge in [-0.3, -0.25) is 4.79 Å². The number of hydrogen-bond acceptors (Lipinski definition) is 4. The van der Waals surface area contributed by atoms with E-state index in [9.17, 15) is 4.79 Å². The zero-order valence-electron chi connectivity index (χ0n) is 10.8. The van der Waals surface area contributed by atoms with E-state index in [1.165, 1.54) is 0 Å². The topological polar surface area (TPSA) is 80.9 Å². The Labute approximate surface area is 137 Å². The highest BCUT2D eigenvalue weighted by atomic mass is 127. The average Bonchev–Trinajstić information content (AvgIpc) is 2.88. The van der Waals surface area contributed by atoms with Crippen LogP contribution in [0, 0.1) is 9.49 Å². The van der Waals surface area contributed by atoms with Crippen LogP contribution in [-0.4, -0.2) is 31.3 Å². The molecule has 0 radical (unpaired) electrons. The molecule has 0 aliphatic heterocycles. The van der Waals surface area contributed by atoms with Crippen LogP contribution in [0.25, 0.3) is 11.4 Å². The lowest BCUT2D eigenvalue weighted by atomic mass is 10.0. The van der Waals surface area contributed by atoms with Crippen molar-refractivity contribution >= 4 is 44.5 Å². The van der Waals surface area contributed by atoms with Crippen LogP contribution >= 0.6 is 38.5 Å². The summed E-state index contributed by atoms with van der Waals surface area (Å²) in [6.45, 7) is 3.43. The van der Waals surface area contributed by atoms with Gasteiger partial charge in [0.1, 0.15) is 0 Å². The smallest absolute Gasteiger partial charge is 0.308 e. The lowest BCUT2D eigenvalue weighted by Gasteiger charge is -2.17. The Morgan fingerprint density at radius 1 is 1.45 bits per heavy atom. The Balaban J connectivity index is 2.48. The van der Waals surface area contributed by atoms with Crippen LogP contribution in [-0.2, 0) is 4.79 Å². The van der Waals surface area contributed by atoms with Gasteiger partial charge in [-0.1, -0.05) is 15.9 Å². The van der Waals surface area contributed by atoms with Crippen LogP contribution in [0.15, 0.2) is 22.7 Å². The predicted octanol–water partition coefficient (Wildman–Crippen LogP) is 2.99. The van der Waals surface area contributed by atoms with E-state index in [-0.39, 0.29) is 6.04 Å². The van der Waals surface area contributed by atoms with E-state index >= 15 is 0 Å². The first-order chi connectivity index (χ1) is 9.41. The molecule has 6 nitrogen and oxygen atoms in total. The molecule has 8 heteroatoms. The molecule has 2 unspecified atom stereocenters. The van der Waals surface area contributed by atoms with Crippen molar-refractivity contribution in [3.05, 3.63) is 26.2 Å². The van der Waals surface area contributed by atoms with E-state index in [1.807, 2.05) is 18.2 Å². The number of rotatable bonds is 4. The molecule has 2 rings (SSSR count). The molecule has 0 bridgehead atoms. The molecule has 0 saturated heterocycles. The van der Waals surface area contributed by atoms with Gasteiger partial charge in [0, 0.05) is 13.6 Å². The van der Waals surface area contributed by atoms with Crippen LogP contribution in [0.4, 0.5) is 0 Å². The third kappa shape index (κ3) is 3.00. The number of benzene rings is 1. The second-order valence-corrected chi connectivity index (χ2v) is 6.54. The molecule has 1 N–H and O–H groups in total. The number of hydrogen-bond donors (Lipinski definition) is 1. The Hall–Kier alpha value is -1.03. The predicted molar refractivity (Wildman–Crippen MR) is 85.2 cm³/mol. The van der Waals surface area contributed by atoms with Crippen molar-refractivity contribution in [3.63, 3.8) is 0 Å². The molecule has 106 valence electrons. The minimum atomic E-state index is -0.874. The number of aromatic nitrogens is 4. The highest BCUT2D eigenvalue weighted by Gasteiger charge is 2.25. The van der Waals surface area contributed by atoms with Crippen molar-refractivity contribution in [3.8, 4) is 11.4 Å². The van der Waals surface area contributed by atoms with Crippen LogP contribution in [0.5, 0.6) is 0 Å². The Morgan fingerprint density at radius 2 is 2.15 bits per heavy atom. The summed E-state index contributed by atoms with van der Waals surface area (Å²) in [5, 5.41) is 20.8. The van der Waals surface area contributed by atoms with Gasteiger partial charge in [-0.15, -0.1) is 5.10 Å². The molecule has 0 aliphatic rings. The first kappa shape index (κ1) is 15.4. The Bertz CT molecular complexity index is 646. The largest absolute Gasteiger partial charge is 0.481 e. The molecule has 0 aliphatic carbocycles. The molecular formula is C12H12BrIN4O2. The number of carboxylic acids is 1. The molecule has 0 amide bonds. The second kappa shape index (κ2) is 6.17. The molecule has 20 heavy (non-hydrogen) atoms. The SMILES string of the molecule is CC(C(=O)O)C(C)n1nnnc1-c1cc(I)ccc1Br. The van der Waals surface area contributed by atoms with Crippen LogP contribution in [0.3, 0.4) is 0 Å². The number of halogens is 2. The van der Waals surface area contributed by atoms with E-state index in [1.54, 1.807) is 18.5 Å². The van der Waals surface area contributed by atoms with Gasteiger partial charge < -0.3 is 5.11 Å². The molecule has 2 atom stereocenters. The number of carboxylic acid groups (broad SMARTS) is 1. The second-order valence-electron chi connectivity index (χ2n) is 4.44. The number of aliphatic carboxylic acids is 1. The molecule has 1 heterocycles. The summed E-state index contributed by atoms with van der Waals surface area (Å²) in [6, 6.07) is 5.49. The van der Waals surface area contributed by atoms with Crippen molar-refractivity contribution in [2.45, 2.75) is 19.9 Å². The summed E-state index contributed by atoms with van der Waals surface area (Å²) in [5.74, 6) is -0.907. The summed E-state index contributed by atoms with van der Waals surface area (Å²) in [4.78, 5) is 11.1. The quantitative estimate of drug-likeness (QED) is 0.724. The molecule has 0 spiro atoms. The lowest BCUT2D eigenvalue weighted by Crippen LogP contribution is -2.23. The minimum Gasteiger partial charge on any atom is -0.481 e. The van der Waals surface area contributed by atoms with Gasteiger partial charge in [-0.05, 0) is 65.1 Å². The fourth-order valence-electron chi connectivity index (χ4n) is 1.73. The minimum absolute atomic E-state index is 0.345. The summed E-state index contributed by atoms with van der Waals surface area (Å²) < 4.78 is 3.47.